The van der Waals surface area contributed by atoms with Crippen LogP contribution < -0.4 is 15.8 Å². The van der Waals surface area contributed by atoms with Crippen LogP contribution in [0, 0.1) is 19.8 Å². The smallest absolute Gasteiger partial charge is 0.255 e. The summed E-state index contributed by atoms with van der Waals surface area (Å²) in [5.41, 5.74) is 8.20. The van der Waals surface area contributed by atoms with Gasteiger partial charge in [0.15, 0.2) is 0 Å². The van der Waals surface area contributed by atoms with Crippen molar-refractivity contribution in [1.82, 2.24) is 10.5 Å². The lowest BCUT2D eigenvalue weighted by atomic mass is 9.84. The highest BCUT2D eigenvalue weighted by Gasteiger charge is 2.25. The molecule has 1 aromatic heterocycles. The number of hydrogen-bond donors (Lipinski definition) is 2. The number of para-hydroxylation sites is 1. The van der Waals surface area contributed by atoms with E-state index in [4.69, 9.17) is 15.0 Å². The molecule has 0 bridgehead atoms. The Kier molecular flexibility index (Phi) is 6.50. The van der Waals surface area contributed by atoms with Crippen LogP contribution in [0.5, 0.6) is 5.75 Å². The number of nitrogens with zero attached hydrogens (tertiary/aromatic N) is 1. The fourth-order valence-corrected chi connectivity index (χ4v) is 3.79. The molecule has 146 valence electrons. The molecule has 27 heavy (non-hydrogen) atoms. The van der Waals surface area contributed by atoms with Gasteiger partial charge in [-0.3, -0.25) is 4.79 Å². The molecule has 1 fully saturated rings. The molecule has 0 spiro atoms. The zero-order valence-corrected chi connectivity index (χ0v) is 16.2. The summed E-state index contributed by atoms with van der Waals surface area (Å²) in [4.78, 5) is 12.9. The molecule has 1 aromatic carbocycles. The number of nitrogens with two attached hydrogens (primary N) is 1. The normalized spacial score (nSPS) is 16.1. The molecule has 1 saturated carbocycles. The van der Waals surface area contributed by atoms with E-state index in [9.17, 15) is 4.79 Å². The molecule has 6 heteroatoms. The summed E-state index contributed by atoms with van der Waals surface area (Å²) in [7, 11) is 0. The molecule has 1 amide bonds. The van der Waals surface area contributed by atoms with Gasteiger partial charge in [-0.1, -0.05) is 36.6 Å². The second kappa shape index (κ2) is 9.04. The van der Waals surface area contributed by atoms with Gasteiger partial charge in [-0.25, -0.2) is 0 Å². The van der Waals surface area contributed by atoms with Gasteiger partial charge in [0.2, 0.25) is 0 Å². The molecule has 1 aliphatic rings. The SMILES string of the molecule is Cc1noc(C)c1COc1ccccc1C(=O)NC(CN)C1CCCCC1. The van der Waals surface area contributed by atoms with Crippen LogP contribution in [0.1, 0.15) is 59.5 Å². The lowest BCUT2D eigenvalue weighted by Gasteiger charge is -2.30. The van der Waals surface area contributed by atoms with Crippen LogP contribution in [0.25, 0.3) is 0 Å². The molecule has 3 rings (SSSR count). The van der Waals surface area contributed by atoms with Crippen molar-refractivity contribution in [3.63, 3.8) is 0 Å². The van der Waals surface area contributed by atoms with E-state index in [0.717, 1.165) is 29.9 Å². The van der Waals surface area contributed by atoms with Crippen LogP contribution in [0.2, 0.25) is 0 Å². The van der Waals surface area contributed by atoms with Crippen LogP contribution in [-0.4, -0.2) is 23.7 Å². The van der Waals surface area contributed by atoms with Crippen LogP contribution in [0.3, 0.4) is 0 Å². The lowest BCUT2D eigenvalue weighted by Crippen LogP contribution is -2.46. The Morgan fingerprint density at radius 2 is 2.04 bits per heavy atom. The van der Waals surface area contributed by atoms with E-state index >= 15 is 0 Å². The number of carbonyl (C=O) groups excluding carboxylic acids is 1. The van der Waals surface area contributed by atoms with Crippen molar-refractivity contribution in [2.45, 2.75) is 58.6 Å². The second-order valence-electron chi connectivity index (χ2n) is 7.30. The molecule has 3 N–H and O–H groups in total. The summed E-state index contributed by atoms with van der Waals surface area (Å²) in [6.07, 6.45) is 5.97. The molecule has 0 aliphatic heterocycles. The highest BCUT2D eigenvalue weighted by atomic mass is 16.5. The molecule has 1 unspecified atom stereocenters. The largest absolute Gasteiger partial charge is 0.488 e. The van der Waals surface area contributed by atoms with Crippen molar-refractivity contribution in [3.8, 4) is 5.75 Å². The number of ether oxygens (including phenoxy) is 1. The first kappa shape index (κ1) is 19.4. The van der Waals surface area contributed by atoms with E-state index < -0.39 is 0 Å². The van der Waals surface area contributed by atoms with Gasteiger partial charge in [0.25, 0.3) is 5.91 Å². The van der Waals surface area contributed by atoms with E-state index in [1.807, 2.05) is 32.0 Å². The quantitative estimate of drug-likeness (QED) is 0.777. The molecule has 6 nitrogen and oxygen atoms in total. The van der Waals surface area contributed by atoms with Crippen molar-refractivity contribution >= 4 is 5.91 Å². The van der Waals surface area contributed by atoms with Gasteiger partial charge in [0, 0.05) is 12.6 Å². The van der Waals surface area contributed by atoms with E-state index in [-0.39, 0.29) is 11.9 Å². The predicted molar refractivity (Wildman–Crippen MR) is 104 cm³/mol. The Morgan fingerprint density at radius 3 is 2.70 bits per heavy atom. The third-order valence-electron chi connectivity index (χ3n) is 5.47. The number of carbonyl (C=O) groups is 1. The van der Waals surface area contributed by atoms with Crippen LogP contribution in [-0.2, 0) is 6.61 Å². The second-order valence-corrected chi connectivity index (χ2v) is 7.30. The van der Waals surface area contributed by atoms with E-state index in [1.54, 1.807) is 6.07 Å². The van der Waals surface area contributed by atoms with E-state index in [0.29, 0.717) is 30.4 Å². The third kappa shape index (κ3) is 4.69. The van der Waals surface area contributed by atoms with Gasteiger partial charge in [0.1, 0.15) is 18.1 Å². The first-order valence-corrected chi connectivity index (χ1v) is 9.74. The van der Waals surface area contributed by atoms with Gasteiger partial charge >= 0.3 is 0 Å². The van der Waals surface area contributed by atoms with Crippen LogP contribution >= 0.6 is 0 Å². The predicted octanol–water partition coefficient (Wildman–Crippen LogP) is 3.51. The summed E-state index contributed by atoms with van der Waals surface area (Å²) in [6.45, 7) is 4.50. The standard InChI is InChI=1S/C21H29N3O3/c1-14-18(15(2)27-24-14)13-26-20-11-7-6-10-17(20)21(25)23-19(12-22)16-8-4-3-5-9-16/h6-7,10-11,16,19H,3-5,8-9,12-13,22H2,1-2H3,(H,23,25). The average molecular weight is 371 g/mol. The van der Waals surface area contributed by atoms with Gasteiger partial charge in [-0.2, -0.15) is 0 Å². The molecule has 0 radical (unpaired) electrons. The van der Waals surface area contributed by atoms with Crippen molar-refractivity contribution in [2.75, 3.05) is 6.54 Å². The molecular formula is C21H29N3O3. The van der Waals surface area contributed by atoms with Crippen molar-refractivity contribution < 1.29 is 14.1 Å². The number of rotatable bonds is 7. The maximum atomic E-state index is 12.9. The van der Waals surface area contributed by atoms with Gasteiger partial charge in [-0.15, -0.1) is 0 Å². The molecule has 1 atom stereocenters. The Labute approximate surface area is 160 Å². The summed E-state index contributed by atoms with van der Waals surface area (Å²) >= 11 is 0. The average Bonchev–Trinajstić information content (AvgIpc) is 3.02. The number of nitrogens with one attached hydrogen (secondary N) is 1. The molecule has 2 aromatic rings. The number of amides is 1. The number of benzene rings is 1. The van der Waals surface area contributed by atoms with Gasteiger partial charge in [0.05, 0.1) is 16.8 Å². The Morgan fingerprint density at radius 1 is 1.30 bits per heavy atom. The van der Waals surface area contributed by atoms with Crippen LogP contribution in [0.4, 0.5) is 0 Å². The fraction of sp³-hybridized carbons (Fsp3) is 0.524. The maximum Gasteiger partial charge on any atom is 0.255 e. The molecule has 1 aliphatic carbocycles. The molecular weight excluding hydrogens is 342 g/mol. The van der Waals surface area contributed by atoms with Crippen molar-refractivity contribution in [2.24, 2.45) is 11.7 Å². The first-order chi connectivity index (χ1) is 13.1. The molecule has 0 saturated heterocycles. The lowest BCUT2D eigenvalue weighted by molar-refractivity contribution is 0.0911. The minimum atomic E-state index is -0.134. The van der Waals surface area contributed by atoms with Gasteiger partial charge in [-0.05, 0) is 44.7 Å². The Balaban J connectivity index is 1.69. The summed E-state index contributed by atoms with van der Waals surface area (Å²) in [5, 5.41) is 7.07. The first-order valence-electron chi connectivity index (χ1n) is 9.74. The number of aromatic nitrogens is 1. The highest BCUT2D eigenvalue weighted by Crippen LogP contribution is 2.27. The third-order valence-corrected chi connectivity index (χ3v) is 5.47. The van der Waals surface area contributed by atoms with Crippen LogP contribution in [0.15, 0.2) is 28.8 Å². The van der Waals surface area contributed by atoms with Gasteiger partial charge < -0.3 is 20.3 Å². The van der Waals surface area contributed by atoms with Crippen molar-refractivity contribution in [3.05, 3.63) is 46.8 Å². The Hall–Kier alpha value is -2.34. The zero-order valence-electron chi connectivity index (χ0n) is 16.2. The summed E-state index contributed by atoms with van der Waals surface area (Å²) in [5.74, 6) is 1.61. The fourth-order valence-electron chi connectivity index (χ4n) is 3.79. The monoisotopic (exact) mass is 371 g/mol. The number of hydrogen-bond acceptors (Lipinski definition) is 5. The minimum Gasteiger partial charge on any atom is -0.488 e. The Bertz CT molecular complexity index is 746. The van der Waals surface area contributed by atoms with E-state index in [2.05, 4.69) is 10.5 Å². The zero-order chi connectivity index (χ0) is 19.2. The maximum absolute atomic E-state index is 12.9. The van der Waals surface area contributed by atoms with Crippen molar-refractivity contribution in [1.29, 1.82) is 0 Å². The number of aryl methyl sites for hydroxylation is 2. The summed E-state index contributed by atoms with van der Waals surface area (Å²) in [6, 6.07) is 7.31. The topological polar surface area (TPSA) is 90.4 Å². The highest BCUT2D eigenvalue weighted by molar-refractivity contribution is 5.97. The van der Waals surface area contributed by atoms with E-state index in [1.165, 1.54) is 19.3 Å². The molecule has 1 heterocycles. The summed E-state index contributed by atoms with van der Waals surface area (Å²) < 4.78 is 11.1. The minimum absolute atomic E-state index is 0.00780.